The maximum atomic E-state index is 8.52. The summed E-state index contributed by atoms with van der Waals surface area (Å²) in [5, 5.41) is 0. The Balaban J connectivity index is -0.000000242. The van der Waals surface area contributed by atoms with E-state index in [-0.39, 0.29) is 29.6 Å². The summed E-state index contributed by atoms with van der Waals surface area (Å²) in [5.41, 5.74) is 0. The third-order valence-corrected chi connectivity index (χ3v) is 1.96. The molecule has 0 aromatic heterocycles. The molecule has 0 radical (unpaired) electrons. The quantitative estimate of drug-likeness (QED) is 0.275. The zero-order valence-corrected chi connectivity index (χ0v) is 13.5. The molecule has 4 nitrogen and oxygen atoms in total. The molecule has 0 spiro atoms. The van der Waals surface area contributed by atoms with Crippen LogP contribution in [0, 0.1) is 0 Å². The molecule has 6 heteroatoms. The van der Waals surface area contributed by atoms with E-state index >= 15 is 0 Å². The number of unbranched alkanes of at least 4 members (excludes halogenated alkanes) is 7. The van der Waals surface area contributed by atoms with Gasteiger partial charge in [-0.1, -0.05) is 65.2 Å². The average molecular weight is 261 g/mol. The Hall–Kier alpha value is 0.870. The van der Waals surface area contributed by atoms with Gasteiger partial charge in [0.1, 0.15) is 0 Å². The van der Waals surface area contributed by atoms with Gasteiger partial charge in [-0.2, -0.15) is 0 Å². The van der Waals surface area contributed by atoms with Gasteiger partial charge >= 0.3 is 29.6 Å². The van der Waals surface area contributed by atoms with Crippen molar-refractivity contribution in [1.29, 1.82) is 0 Å². The number of rotatable bonds is 7. The molecule has 0 N–H and O–H groups in total. The van der Waals surface area contributed by atoms with Crippen LogP contribution in [-0.2, 0) is 10.4 Å². The summed E-state index contributed by atoms with van der Waals surface area (Å²) in [4.78, 5) is 0. The second kappa shape index (κ2) is 15.9. The molecule has 0 aromatic rings. The van der Waals surface area contributed by atoms with Gasteiger partial charge in [-0.15, -0.1) is 0 Å². The summed E-state index contributed by atoms with van der Waals surface area (Å²) in [7, 11) is -5.17. The van der Waals surface area contributed by atoms with Crippen molar-refractivity contribution >= 4 is 10.4 Å². The van der Waals surface area contributed by atoms with E-state index in [4.69, 9.17) is 17.5 Å². The van der Waals surface area contributed by atoms with Crippen LogP contribution in [0.3, 0.4) is 0 Å². The van der Waals surface area contributed by atoms with Crippen LogP contribution in [-0.4, -0.2) is 17.5 Å². The molecule has 0 aliphatic rings. The van der Waals surface area contributed by atoms with Crippen molar-refractivity contribution in [2.24, 2.45) is 0 Å². The molecule has 0 atom stereocenters. The maximum absolute atomic E-state index is 8.52. The van der Waals surface area contributed by atoms with Crippen molar-refractivity contribution in [3.63, 3.8) is 0 Å². The van der Waals surface area contributed by atoms with Crippen LogP contribution >= 0.6 is 0 Å². The first kappa shape index (κ1) is 22.1. The molecule has 0 fully saturated rings. The molecule has 0 saturated heterocycles. The number of hydrogen-bond acceptors (Lipinski definition) is 4. The molecule has 0 aromatic carbocycles. The van der Waals surface area contributed by atoms with E-state index in [9.17, 15) is 0 Å². The molecule has 0 heterocycles. The van der Waals surface area contributed by atoms with E-state index < -0.39 is 10.4 Å². The van der Waals surface area contributed by atoms with E-state index in [2.05, 4.69) is 13.8 Å². The third kappa shape index (κ3) is 46.2. The SMILES string of the molecule is CCCCCCCCCC.O=S(=O)([O-])[O-].[Na+]. The Bertz CT molecular complexity index is 189. The Morgan fingerprint density at radius 1 is 0.750 bits per heavy atom. The predicted molar refractivity (Wildman–Crippen MR) is 58.8 cm³/mol. The first-order valence-electron chi connectivity index (χ1n) is 5.58. The van der Waals surface area contributed by atoms with Crippen LogP contribution in [0.4, 0.5) is 0 Å². The molecular formula is C10H22NaO4S-. The van der Waals surface area contributed by atoms with Crippen LogP contribution in [0.2, 0.25) is 0 Å². The molecule has 0 aliphatic carbocycles. The molecule has 0 amide bonds. The summed E-state index contributed by atoms with van der Waals surface area (Å²) in [6.07, 6.45) is 11.5. The molecule has 0 saturated carbocycles. The van der Waals surface area contributed by atoms with Crippen molar-refractivity contribution in [2.75, 3.05) is 0 Å². The predicted octanol–water partition coefficient (Wildman–Crippen LogP) is -0.187. The second-order valence-corrected chi connectivity index (χ2v) is 4.35. The fourth-order valence-corrected chi connectivity index (χ4v) is 1.21. The zero-order chi connectivity index (χ0) is 12.2. The Morgan fingerprint density at radius 2 is 0.938 bits per heavy atom. The molecule has 0 rings (SSSR count). The minimum atomic E-state index is -5.17. The zero-order valence-electron chi connectivity index (χ0n) is 10.7. The van der Waals surface area contributed by atoms with Crippen LogP contribution in [0.1, 0.15) is 65.2 Å². The standard InChI is InChI=1S/C10H22.Na.H2O4S/c1-3-5-7-9-10-8-6-4-2;;1-5(2,3)4/h3-10H2,1-2H3;;(H2,1,2,3,4)/q;+1;/p-2. The Morgan fingerprint density at radius 3 is 1.12 bits per heavy atom. The minimum absolute atomic E-state index is 0. The normalized spacial score (nSPS) is 10.0. The fourth-order valence-electron chi connectivity index (χ4n) is 1.21. The van der Waals surface area contributed by atoms with Crippen molar-refractivity contribution in [3.05, 3.63) is 0 Å². The van der Waals surface area contributed by atoms with Gasteiger partial charge in [-0.25, -0.2) is 0 Å². The van der Waals surface area contributed by atoms with E-state index in [0.717, 1.165) is 0 Å². The van der Waals surface area contributed by atoms with Gasteiger partial charge < -0.3 is 9.11 Å². The topological polar surface area (TPSA) is 80.3 Å². The minimum Gasteiger partial charge on any atom is -0.759 e. The molecule has 0 unspecified atom stereocenters. The molecule has 0 bridgehead atoms. The number of hydrogen-bond donors (Lipinski definition) is 0. The smallest absolute Gasteiger partial charge is 0.759 e. The van der Waals surface area contributed by atoms with Crippen LogP contribution in [0.25, 0.3) is 0 Å². The first-order valence-corrected chi connectivity index (χ1v) is 6.91. The monoisotopic (exact) mass is 261 g/mol. The molecular weight excluding hydrogens is 239 g/mol. The Labute approximate surface area is 122 Å². The van der Waals surface area contributed by atoms with Gasteiger partial charge in [-0.3, -0.25) is 8.42 Å². The van der Waals surface area contributed by atoms with Gasteiger partial charge in [-0.05, 0) is 0 Å². The fraction of sp³-hybridized carbons (Fsp3) is 1.00. The largest absolute Gasteiger partial charge is 1.00 e. The van der Waals surface area contributed by atoms with Crippen molar-refractivity contribution in [2.45, 2.75) is 65.2 Å². The van der Waals surface area contributed by atoms with E-state index in [1.807, 2.05) is 0 Å². The summed E-state index contributed by atoms with van der Waals surface area (Å²) < 4.78 is 34.1. The van der Waals surface area contributed by atoms with Gasteiger partial charge in [0.15, 0.2) is 0 Å². The van der Waals surface area contributed by atoms with E-state index in [1.165, 1.54) is 51.4 Å². The summed E-state index contributed by atoms with van der Waals surface area (Å²) in [6.45, 7) is 4.54. The first-order chi connectivity index (χ1) is 6.91. The summed E-state index contributed by atoms with van der Waals surface area (Å²) >= 11 is 0. The summed E-state index contributed by atoms with van der Waals surface area (Å²) in [5.74, 6) is 0. The maximum Gasteiger partial charge on any atom is 1.00 e. The third-order valence-electron chi connectivity index (χ3n) is 1.96. The van der Waals surface area contributed by atoms with Crippen molar-refractivity contribution in [3.8, 4) is 0 Å². The van der Waals surface area contributed by atoms with Gasteiger partial charge in [0.2, 0.25) is 0 Å². The van der Waals surface area contributed by atoms with Crippen molar-refractivity contribution in [1.82, 2.24) is 0 Å². The van der Waals surface area contributed by atoms with E-state index in [1.54, 1.807) is 0 Å². The average Bonchev–Trinajstić information content (AvgIpc) is 2.08. The molecule has 94 valence electrons. The van der Waals surface area contributed by atoms with Crippen molar-refractivity contribution < 1.29 is 47.1 Å². The Kier molecular flexibility index (Phi) is 21.9. The van der Waals surface area contributed by atoms with Crippen LogP contribution in [0.15, 0.2) is 0 Å². The summed E-state index contributed by atoms with van der Waals surface area (Å²) in [6, 6.07) is 0. The van der Waals surface area contributed by atoms with Crippen LogP contribution < -0.4 is 29.6 Å². The van der Waals surface area contributed by atoms with Gasteiger partial charge in [0, 0.05) is 10.4 Å². The molecule has 16 heavy (non-hydrogen) atoms. The second-order valence-electron chi connectivity index (χ2n) is 3.53. The molecule has 0 aliphatic heterocycles. The van der Waals surface area contributed by atoms with Gasteiger partial charge in [0.05, 0.1) is 0 Å². The van der Waals surface area contributed by atoms with E-state index in [0.29, 0.717) is 0 Å². The van der Waals surface area contributed by atoms with Gasteiger partial charge in [0.25, 0.3) is 0 Å². The van der Waals surface area contributed by atoms with Crippen LogP contribution in [0.5, 0.6) is 0 Å².